The molecule has 0 saturated heterocycles. The topological polar surface area (TPSA) is 66.9 Å². The molecule has 35 heavy (non-hydrogen) atoms. The minimum atomic E-state index is -4.01. The second-order valence-corrected chi connectivity index (χ2v) is 11.7. The molecule has 3 aromatic carbocycles. The van der Waals surface area contributed by atoms with E-state index in [1.807, 2.05) is 55.5 Å². The van der Waals surface area contributed by atoms with Gasteiger partial charge in [0.15, 0.2) is 0 Å². The van der Waals surface area contributed by atoms with Crippen LogP contribution in [0.5, 0.6) is 5.75 Å². The van der Waals surface area contributed by atoms with E-state index in [9.17, 15) is 13.2 Å². The first kappa shape index (κ1) is 25.7. The van der Waals surface area contributed by atoms with Gasteiger partial charge in [-0.15, -0.1) is 0 Å². The average molecular weight is 578 g/mol. The van der Waals surface area contributed by atoms with E-state index in [1.54, 1.807) is 4.90 Å². The molecule has 1 aliphatic rings. The van der Waals surface area contributed by atoms with Gasteiger partial charge in [0.05, 0.1) is 23.6 Å². The molecular formula is C26H26BrClN2O4S. The van der Waals surface area contributed by atoms with Gasteiger partial charge in [-0.25, -0.2) is 8.42 Å². The molecule has 0 bridgehead atoms. The lowest BCUT2D eigenvalue weighted by molar-refractivity contribution is -0.119. The van der Waals surface area contributed by atoms with Gasteiger partial charge in [0.25, 0.3) is 0 Å². The van der Waals surface area contributed by atoms with Crippen LogP contribution in [0.25, 0.3) is 0 Å². The molecular weight excluding hydrogens is 552 g/mol. The van der Waals surface area contributed by atoms with Crippen molar-refractivity contribution in [2.45, 2.75) is 30.7 Å². The summed E-state index contributed by atoms with van der Waals surface area (Å²) < 4.78 is 34.7. The molecule has 6 nitrogen and oxygen atoms in total. The number of ether oxygens (including phenoxy) is 1. The number of halogens is 2. The maximum absolute atomic E-state index is 13.7. The molecule has 0 spiro atoms. The molecule has 1 amide bonds. The number of anilines is 1. The number of methoxy groups -OCH3 is 1. The highest BCUT2D eigenvalue weighted by atomic mass is 79.9. The van der Waals surface area contributed by atoms with Crippen molar-refractivity contribution in [2.75, 3.05) is 25.1 Å². The highest BCUT2D eigenvalue weighted by Gasteiger charge is 2.34. The van der Waals surface area contributed by atoms with Crippen LogP contribution < -0.4 is 9.64 Å². The lowest BCUT2D eigenvalue weighted by Gasteiger charge is -2.28. The van der Waals surface area contributed by atoms with Crippen LogP contribution in [0.4, 0.5) is 5.69 Å². The van der Waals surface area contributed by atoms with Gasteiger partial charge in [-0.1, -0.05) is 57.9 Å². The van der Waals surface area contributed by atoms with Crippen molar-refractivity contribution < 1.29 is 17.9 Å². The molecule has 184 valence electrons. The largest absolute Gasteiger partial charge is 0.495 e. The number of nitrogens with zero attached hydrogens (tertiary/aromatic N) is 2. The third-order valence-corrected chi connectivity index (χ3v) is 8.72. The third-order valence-electron chi connectivity index (χ3n) is 6.09. The van der Waals surface area contributed by atoms with Crippen molar-refractivity contribution in [2.24, 2.45) is 0 Å². The second kappa shape index (κ2) is 10.7. The van der Waals surface area contributed by atoms with Gasteiger partial charge in [0, 0.05) is 22.7 Å². The van der Waals surface area contributed by atoms with Gasteiger partial charge in [-0.3, -0.25) is 4.79 Å². The van der Waals surface area contributed by atoms with Crippen molar-refractivity contribution in [3.05, 3.63) is 87.4 Å². The first-order valence-corrected chi connectivity index (χ1v) is 13.8. The summed E-state index contributed by atoms with van der Waals surface area (Å²) in [5.74, 6) is 0.112. The van der Waals surface area contributed by atoms with Crippen LogP contribution in [0, 0.1) is 0 Å². The zero-order valence-electron chi connectivity index (χ0n) is 19.4. The van der Waals surface area contributed by atoms with Crippen molar-refractivity contribution in [1.29, 1.82) is 0 Å². The quantitative estimate of drug-likeness (QED) is 0.363. The molecule has 0 radical (unpaired) electrons. The maximum Gasteiger partial charge on any atom is 0.243 e. The van der Waals surface area contributed by atoms with E-state index in [2.05, 4.69) is 15.9 Å². The molecule has 0 aromatic heterocycles. The fourth-order valence-electron chi connectivity index (χ4n) is 4.35. The van der Waals surface area contributed by atoms with E-state index in [0.29, 0.717) is 18.6 Å². The van der Waals surface area contributed by atoms with E-state index < -0.39 is 10.0 Å². The lowest BCUT2D eigenvalue weighted by atomic mass is 10.1. The first-order valence-electron chi connectivity index (χ1n) is 11.2. The van der Waals surface area contributed by atoms with Gasteiger partial charge in [-0.2, -0.15) is 4.31 Å². The molecule has 0 N–H and O–H groups in total. The summed E-state index contributed by atoms with van der Waals surface area (Å²) in [5.41, 5.74) is 2.86. The molecule has 1 atom stereocenters. The maximum atomic E-state index is 13.7. The van der Waals surface area contributed by atoms with E-state index in [1.165, 1.54) is 29.6 Å². The summed E-state index contributed by atoms with van der Waals surface area (Å²) in [4.78, 5) is 15.3. The summed E-state index contributed by atoms with van der Waals surface area (Å²) >= 11 is 9.71. The monoisotopic (exact) mass is 576 g/mol. The van der Waals surface area contributed by atoms with Crippen molar-refractivity contribution in [1.82, 2.24) is 4.31 Å². The molecule has 1 aliphatic heterocycles. The highest BCUT2D eigenvalue weighted by Crippen LogP contribution is 2.35. The number of fused-ring (bicyclic) bond motifs is 1. The van der Waals surface area contributed by atoms with Crippen molar-refractivity contribution >= 4 is 49.1 Å². The molecule has 0 aliphatic carbocycles. The number of amides is 1. The summed E-state index contributed by atoms with van der Waals surface area (Å²) in [6.07, 6.45) is 1.18. The highest BCUT2D eigenvalue weighted by molar-refractivity contribution is 9.10. The van der Waals surface area contributed by atoms with Gasteiger partial charge in [0.2, 0.25) is 15.9 Å². The Morgan fingerprint density at radius 1 is 1.14 bits per heavy atom. The number of sulfonamides is 1. The molecule has 0 saturated carbocycles. The van der Waals surface area contributed by atoms with Gasteiger partial charge >= 0.3 is 0 Å². The smallest absolute Gasteiger partial charge is 0.243 e. The Bertz CT molecular complexity index is 1330. The third kappa shape index (κ3) is 5.56. The minimum Gasteiger partial charge on any atom is -0.495 e. The normalized spacial score (nSPS) is 15.3. The first-order chi connectivity index (χ1) is 16.7. The van der Waals surface area contributed by atoms with Crippen LogP contribution in [0.15, 0.2) is 76.1 Å². The number of carbonyl (C=O) groups is 1. The van der Waals surface area contributed by atoms with Crippen LogP contribution >= 0.6 is 27.5 Å². The molecule has 9 heteroatoms. The summed E-state index contributed by atoms with van der Waals surface area (Å²) in [6, 6.07) is 19.6. The predicted molar refractivity (Wildman–Crippen MR) is 142 cm³/mol. The fourth-order valence-corrected chi connectivity index (χ4v) is 6.49. The SMILES string of the molecule is COc1ccc(S(=O)(=O)N(CCc2ccccc2)CC(=O)N2c3ccc(Br)cc3C[C@@H]2C)cc1Cl. The Morgan fingerprint density at radius 2 is 1.89 bits per heavy atom. The Labute approximate surface area is 219 Å². The zero-order chi connectivity index (χ0) is 25.2. The zero-order valence-corrected chi connectivity index (χ0v) is 22.6. The average Bonchev–Trinajstić information content (AvgIpc) is 3.16. The van der Waals surface area contributed by atoms with E-state index in [0.717, 1.165) is 21.3 Å². The molecule has 1 heterocycles. The van der Waals surface area contributed by atoms with E-state index in [-0.39, 0.29) is 35.0 Å². The summed E-state index contributed by atoms with van der Waals surface area (Å²) in [6.45, 7) is 1.84. The summed E-state index contributed by atoms with van der Waals surface area (Å²) in [7, 11) is -2.54. The van der Waals surface area contributed by atoms with Crippen molar-refractivity contribution in [3.8, 4) is 5.75 Å². The Kier molecular flexibility index (Phi) is 7.86. The molecule has 0 fully saturated rings. The Hall–Kier alpha value is -2.39. The molecule has 0 unspecified atom stereocenters. The Morgan fingerprint density at radius 3 is 2.57 bits per heavy atom. The number of hydrogen-bond acceptors (Lipinski definition) is 4. The van der Waals surface area contributed by atoms with Crippen LogP contribution in [-0.4, -0.2) is 44.9 Å². The molecule has 3 aromatic rings. The lowest BCUT2D eigenvalue weighted by Crippen LogP contribution is -2.45. The van der Waals surface area contributed by atoms with Crippen LogP contribution in [0.1, 0.15) is 18.1 Å². The summed E-state index contributed by atoms with van der Waals surface area (Å²) in [5, 5.41) is 0.190. The second-order valence-electron chi connectivity index (χ2n) is 8.46. The number of hydrogen-bond donors (Lipinski definition) is 0. The van der Waals surface area contributed by atoms with Crippen molar-refractivity contribution in [3.63, 3.8) is 0 Å². The number of carbonyl (C=O) groups excluding carboxylic acids is 1. The minimum absolute atomic E-state index is 0.0166. The van der Waals surface area contributed by atoms with Crippen LogP contribution in [0.2, 0.25) is 5.02 Å². The standard InChI is InChI=1S/C26H26BrClN2O4S/c1-18-14-20-15-21(27)8-10-24(20)30(18)26(31)17-29(13-12-19-6-4-3-5-7-19)35(32,33)22-9-11-25(34-2)23(28)16-22/h3-11,15-16,18H,12-14,17H2,1-2H3/t18-/m0/s1. The van der Waals surface area contributed by atoms with E-state index in [4.69, 9.17) is 16.3 Å². The van der Waals surface area contributed by atoms with Gasteiger partial charge in [-0.05, 0) is 67.3 Å². The van der Waals surface area contributed by atoms with E-state index >= 15 is 0 Å². The number of rotatable bonds is 8. The Balaban J connectivity index is 1.64. The fraction of sp³-hybridized carbons (Fsp3) is 0.269. The van der Waals surface area contributed by atoms with Crippen LogP contribution in [-0.2, 0) is 27.7 Å². The predicted octanol–water partition coefficient (Wildman–Crippen LogP) is 5.32. The van der Waals surface area contributed by atoms with Crippen LogP contribution in [0.3, 0.4) is 0 Å². The number of benzene rings is 3. The van der Waals surface area contributed by atoms with Gasteiger partial charge in [0.1, 0.15) is 5.75 Å². The molecule has 4 rings (SSSR count). The van der Waals surface area contributed by atoms with Gasteiger partial charge < -0.3 is 9.64 Å².